The molecule has 0 saturated heterocycles. The average molecular weight is 258 g/mol. The minimum Gasteiger partial charge on any atom is -0.493 e. The number of hydrogen-bond donors (Lipinski definition) is 1. The molecule has 0 aliphatic heterocycles. The first-order valence-corrected chi connectivity index (χ1v) is 4.83. The number of halogens is 1. The minimum atomic E-state index is -0.390. The van der Waals surface area contributed by atoms with Gasteiger partial charge in [0, 0.05) is 13.0 Å². The summed E-state index contributed by atoms with van der Waals surface area (Å²) in [7, 11) is 1.51. The lowest BCUT2D eigenvalue weighted by molar-refractivity contribution is -0.132. The molecule has 2 N–H and O–H groups in total. The number of carbonyl (C=O) groups is 1. The van der Waals surface area contributed by atoms with Crippen molar-refractivity contribution in [3.8, 4) is 11.5 Å². The van der Waals surface area contributed by atoms with E-state index < -0.39 is 0 Å². The van der Waals surface area contributed by atoms with E-state index in [1.165, 1.54) is 14.0 Å². The third kappa shape index (κ3) is 4.09. The Morgan fingerprint density at radius 2 is 2.12 bits per heavy atom. The van der Waals surface area contributed by atoms with Crippen LogP contribution in [0.5, 0.6) is 11.5 Å². The topological polar surface area (TPSA) is 61.5 Å². The fourth-order valence-electron chi connectivity index (χ4n) is 1.27. The van der Waals surface area contributed by atoms with Crippen LogP contribution in [0.1, 0.15) is 18.5 Å². The van der Waals surface area contributed by atoms with E-state index in [4.69, 9.17) is 15.2 Å². The average Bonchev–Trinajstić information content (AvgIpc) is 2.27. The van der Waals surface area contributed by atoms with E-state index in [2.05, 4.69) is 6.58 Å². The quantitative estimate of drug-likeness (QED) is 0.510. The fourth-order valence-corrected chi connectivity index (χ4v) is 1.27. The molecule has 5 heteroatoms. The molecule has 0 radical (unpaired) electrons. The van der Waals surface area contributed by atoms with Crippen LogP contribution in [-0.4, -0.2) is 13.1 Å². The fraction of sp³-hybridized carbons (Fsp3) is 0.250. The van der Waals surface area contributed by atoms with Gasteiger partial charge in [-0.05, 0) is 17.7 Å². The summed E-state index contributed by atoms with van der Waals surface area (Å²) in [6.07, 6.45) is 1.63. The Morgan fingerprint density at radius 1 is 1.47 bits per heavy atom. The molecule has 0 aliphatic rings. The van der Waals surface area contributed by atoms with Crippen LogP contribution in [0, 0.1) is 0 Å². The van der Waals surface area contributed by atoms with E-state index >= 15 is 0 Å². The Bertz CT molecular complexity index is 407. The van der Waals surface area contributed by atoms with E-state index in [0.717, 1.165) is 5.56 Å². The lowest BCUT2D eigenvalue weighted by Gasteiger charge is -2.12. The molecule has 0 amide bonds. The first-order chi connectivity index (χ1) is 7.58. The van der Waals surface area contributed by atoms with Gasteiger partial charge >= 0.3 is 5.97 Å². The lowest BCUT2D eigenvalue weighted by atomic mass is 10.1. The first-order valence-electron chi connectivity index (χ1n) is 4.83. The highest BCUT2D eigenvalue weighted by Crippen LogP contribution is 2.30. The molecule has 0 spiro atoms. The molecule has 1 rings (SSSR count). The maximum atomic E-state index is 10.8. The summed E-state index contributed by atoms with van der Waals surface area (Å²) in [5, 5.41) is 0. The number of esters is 1. The van der Waals surface area contributed by atoms with Crippen LogP contribution in [0.15, 0.2) is 30.9 Å². The molecule has 1 aromatic carbocycles. The van der Waals surface area contributed by atoms with Crippen molar-refractivity contribution in [1.29, 1.82) is 0 Å². The summed E-state index contributed by atoms with van der Waals surface area (Å²) in [5.41, 5.74) is 6.64. The van der Waals surface area contributed by atoms with Crippen LogP contribution in [-0.2, 0) is 4.79 Å². The molecular formula is C12H16ClNO3. The number of nitrogens with two attached hydrogens (primary N) is 1. The van der Waals surface area contributed by atoms with E-state index in [9.17, 15) is 4.79 Å². The zero-order chi connectivity index (χ0) is 12.1. The maximum Gasteiger partial charge on any atom is 0.308 e. The zero-order valence-electron chi connectivity index (χ0n) is 9.80. The summed E-state index contributed by atoms with van der Waals surface area (Å²) in [6, 6.07) is 4.89. The predicted octanol–water partition coefficient (Wildman–Crippen LogP) is 2.23. The third-order valence-corrected chi connectivity index (χ3v) is 2.08. The summed E-state index contributed by atoms with van der Waals surface area (Å²) in [4.78, 5) is 10.8. The van der Waals surface area contributed by atoms with E-state index in [0.29, 0.717) is 11.5 Å². The van der Waals surface area contributed by atoms with Crippen molar-refractivity contribution in [3.05, 3.63) is 36.4 Å². The molecular weight excluding hydrogens is 242 g/mol. The van der Waals surface area contributed by atoms with Gasteiger partial charge in [-0.3, -0.25) is 4.79 Å². The van der Waals surface area contributed by atoms with Crippen molar-refractivity contribution in [2.45, 2.75) is 13.0 Å². The molecule has 0 bridgehead atoms. The monoisotopic (exact) mass is 257 g/mol. The van der Waals surface area contributed by atoms with Crippen molar-refractivity contribution in [2.75, 3.05) is 7.11 Å². The van der Waals surface area contributed by atoms with Crippen LogP contribution < -0.4 is 15.2 Å². The summed E-state index contributed by atoms with van der Waals surface area (Å²) in [6.45, 7) is 4.95. The Balaban J connectivity index is 0.00000256. The molecule has 1 aromatic rings. The number of benzene rings is 1. The molecule has 94 valence electrons. The van der Waals surface area contributed by atoms with Gasteiger partial charge in [-0.1, -0.05) is 12.1 Å². The first kappa shape index (κ1) is 15.5. The second-order valence-electron chi connectivity index (χ2n) is 3.27. The van der Waals surface area contributed by atoms with Crippen LogP contribution in [0.4, 0.5) is 0 Å². The van der Waals surface area contributed by atoms with Gasteiger partial charge in [-0.15, -0.1) is 19.0 Å². The number of hydrogen-bond acceptors (Lipinski definition) is 4. The maximum absolute atomic E-state index is 10.8. The van der Waals surface area contributed by atoms with Crippen molar-refractivity contribution in [2.24, 2.45) is 5.73 Å². The summed E-state index contributed by atoms with van der Waals surface area (Å²) < 4.78 is 10.1. The molecule has 4 nitrogen and oxygen atoms in total. The largest absolute Gasteiger partial charge is 0.493 e. The molecule has 0 fully saturated rings. The van der Waals surface area contributed by atoms with Crippen LogP contribution in [0.3, 0.4) is 0 Å². The Labute approximate surface area is 107 Å². The Morgan fingerprint density at radius 3 is 2.59 bits per heavy atom. The zero-order valence-corrected chi connectivity index (χ0v) is 10.6. The van der Waals surface area contributed by atoms with Gasteiger partial charge in [-0.2, -0.15) is 0 Å². The molecule has 0 unspecified atom stereocenters. The van der Waals surface area contributed by atoms with Crippen LogP contribution >= 0.6 is 12.4 Å². The van der Waals surface area contributed by atoms with Crippen molar-refractivity contribution in [1.82, 2.24) is 0 Å². The normalized spacial score (nSPS) is 11.0. The van der Waals surface area contributed by atoms with Crippen LogP contribution in [0.2, 0.25) is 0 Å². The SMILES string of the molecule is C=C[C@@H](N)c1ccc(OC(C)=O)c(OC)c1.Cl. The van der Waals surface area contributed by atoms with Gasteiger partial charge in [0.05, 0.1) is 7.11 Å². The number of rotatable bonds is 4. The van der Waals surface area contributed by atoms with Gasteiger partial charge in [0.25, 0.3) is 0 Å². The Kier molecular flexibility index (Phi) is 6.31. The van der Waals surface area contributed by atoms with Crippen molar-refractivity contribution < 1.29 is 14.3 Å². The van der Waals surface area contributed by atoms with E-state index in [1.54, 1.807) is 24.3 Å². The second-order valence-corrected chi connectivity index (χ2v) is 3.27. The summed E-state index contributed by atoms with van der Waals surface area (Å²) in [5.74, 6) is 0.471. The minimum absolute atomic E-state index is 0. The molecule has 0 heterocycles. The van der Waals surface area contributed by atoms with Crippen LogP contribution in [0.25, 0.3) is 0 Å². The molecule has 0 aromatic heterocycles. The smallest absolute Gasteiger partial charge is 0.308 e. The molecule has 17 heavy (non-hydrogen) atoms. The third-order valence-electron chi connectivity index (χ3n) is 2.08. The highest BCUT2D eigenvalue weighted by Gasteiger charge is 2.10. The lowest BCUT2D eigenvalue weighted by Crippen LogP contribution is -2.08. The van der Waals surface area contributed by atoms with E-state index in [1.807, 2.05) is 0 Å². The van der Waals surface area contributed by atoms with Crippen molar-refractivity contribution in [3.63, 3.8) is 0 Å². The number of ether oxygens (including phenoxy) is 2. The van der Waals surface area contributed by atoms with Crippen molar-refractivity contribution >= 4 is 18.4 Å². The van der Waals surface area contributed by atoms with E-state index in [-0.39, 0.29) is 24.4 Å². The highest BCUT2D eigenvalue weighted by atomic mass is 35.5. The van der Waals surface area contributed by atoms with Gasteiger partial charge in [0.2, 0.25) is 0 Å². The highest BCUT2D eigenvalue weighted by molar-refractivity contribution is 5.85. The van der Waals surface area contributed by atoms with Gasteiger partial charge in [0.1, 0.15) is 0 Å². The second kappa shape index (κ2) is 6.93. The predicted molar refractivity (Wildman–Crippen MR) is 68.7 cm³/mol. The van der Waals surface area contributed by atoms with Gasteiger partial charge in [-0.25, -0.2) is 0 Å². The number of carbonyl (C=O) groups excluding carboxylic acids is 1. The number of methoxy groups -OCH3 is 1. The molecule has 1 atom stereocenters. The Hall–Kier alpha value is -1.52. The molecule has 0 saturated carbocycles. The molecule has 0 aliphatic carbocycles. The standard InChI is InChI=1S/C12H15NO3.ClH/c1-4-10(13)9-5-6-11(16-8(2)14)12(7-9)15-3;/h4-7,10H,1,13H2,2-3H3;1H/t10-;/m1./s1. The van der Waals surface area contributed by atoms with Gasteiger partial charge < -0.3 is 15.2 Å². The van der Waals surface area contributed by atoms with Gasteiger partial charge in [0.15, 0.2) is 11.5 Å². The summed E-state index contributed by atoms with van der Waals surface area (Å²) >= 11 is 0.